The molecule has 0 bridgehead atoms. The maximum absolute atomic E-state index is 13.9. The maximum Gasteiger partial charge on any atom is 0.326 e. The maximum atomic E-state index is 13.9. The van der Waals surface area contributed by atoms with E-state index >= 15 is 0 Å². The summed E-state index contributed by atoms with van der Waals surface area (Å²) in [5.41, 5.74) is 33.1. The topological polar surface area (TPSA) is 488 Å². The average molecular weight is 976 g/mol. The van der Waals surface area contributed by atoms with Gasteiger partial charge < -0.3 is 86.5 Å². The van der Waals surface area contributed by atoms with E-state index in [1.54, 1.807) is 0 Å². The highest BCUT2D eigenvalue weighted by Gasteiger charge is 2.39. The van der Waals surface area contributed by atoms with E-state index in [1.165, 1.54) is 43.0 Å². The van der Waals surface area contributed by atoms with Crippen LogP contribution in [0.5, 0.6) is 5.75 Å². The summed E-state index contributed by atoms with van der Waals surface area (Å²) in [6.07, 6.45) is -1.12. The van der Waals surface area contributed by atoms with Gasteiger partial charge in [0.1, 0.15) is 48.0 Å². The zero-order valence-electron chi connectivity index (χ0n) is 38.4. The molecule has 1 aromatic carbocycles. The number of carbonyl (C=O) groups is 10. The Kier molecular flexibility index (Phi) is 23.6. The summed E-state index contributed by atoms with van der Waals surface area (Å²) >= 11 is 0. The van der Waals surface area contributed by atoms with Crippen molar-refractivity contribution in [2.45, 2.75) is 126 Å². The molecule has 1 aliphatic rings. The van der Waals surface area contributed by atoms with Gasteiger partial charge in [0.05, 0.1) is 12.5 Å². The van der Waals surface area contributed by atoms with Crippen LogP contribution in [0.4, 0.5) is 0 Å². The number of guanidine groups is 2. The first-order valence-electron chi connectivity index (χ1n) is 21.9. The summed E-state index contributed by atoms with van der Waals surface area (Å²) in [4.78, 5) is 138. The second-order valence-electron chi connectivity index (χ2n) is 16.2. The Bertz CT molecular complexity index is 2060. The lowest BCUT2D eigenvalue weighted by molar-refractivity contribution is -0.142. The van der Waals surface area contributed by atoms with Crippen molar-refractivity contribution >= 4 is 71.1 Å². The second-order valence-corrected chi connectivity index (χ2v) is 16.2. The van der Waals surface area contributed by atoms with Crippen LogP contribution in [0.15, 0.2) is 34.3 Å². The van der Waals surface area contributed by atoms with E-state index in [0.717, 1.165) is 0 Å². The number of aliphatic imine (C=N–C) groups is 2. The van der Waals surface area contributed by atoms with Crippen LogP contribution in [0.1, 0.15) is 77.2 Å². The first-order valence-corrected chi connectivity index (χ1v) is 21.9. The van der Waals surface area contributed by atoms with Gasteiger partial charge in [0.2, 0.25) is 47.3 Å². The van der Waals surface area contributed by atoms with Crippen molar-refractivity contribution in [2.75, 3.05) is 19.6 Å². The molecule has 0 radical (unpaired) electrons. The van der Waals surface area contributed by atoms with Crippen molar-refractivity contribution in [3.63, 3.8) is 0 Å². The summed E-state index contributed by atoms with van der Waals surface area (Å²) in [5, 5.41) is 43.1. The highest BCUT2D eigenvalue weighted by molar-refractivity contribution is 5.98. The normalized spacial score (nSPS) is 16.0. The van der Waals surface area contributed by atoms with Crippen molar-refractivity contribution in [1.82, 2.24) is 36.8 Å². The van der Waals surface area contributed by atoms with E-state index in [4.69, 9.17) is 39.5 Å². The van der Waals surface area contributed by atoms with E-state index in [1.807, 2.05) is 0 Å². The van der Waals surface area contributed by atoms with Gasteiger partial charge in [-0.2, -0.15) is 0 Å². The van der Waals surface area contributed by atoms with E-state index in [2.05, 4.69) is 41.9 Å². The van der Waals surface area contributed by atoms with Gasteiger partial charge in [-0.15, -0.1) is 0 Å². The third-order valence-corrected chi connectivity index (χ3v) is 10.5. The molecule has 0 aliphatic carbocycles. The molecule has 1 heterocycles. The highest BCUT2D eigenvalue weighted by Crippen LogP contribution is 2.20. The Morgan fingerprint density at radius 3 is 1.67 bits per heavy atom. The fourth-order valence-corrected chi connectivity index (χ4v) is 6.87. The van der Waals surface area contributed by atoms with Crippen LogP contribution >= 0.6 is 0 Å². The first-order chi connectivity index (χ1) is 32.4. The number of aliphatic carboxylic acids is 2. The number of nitrogens with zero attached hydrogens (tertiary/aromatic N) is 3. The van der Waals surface area contributed by atoms with Crippen LogP contribution < -0.4 is 66.3 Å². The van der Waals surface area contributed by atoms with E-state index in [9.17, 15) is 58.2 Å². The van der Waals surface area contributed by atoms with Crippen molar-refractivity contribution in [1.29, 1.82) is 0 Å². The van der Waals surface area contributed by atoms with Crippen LogP contribution in [0.2, 0.25) is 0 Å². The number of amides is 8. The number of carboxylic acid groups (broad SMARTS) is 2. The minimum Gasteiger partial charge on any atom is -0.508 e. The van der Waals surface area contributed by atoms with Gasteiger partial charge in [0.15, 0.2) is 11.9 Å². The molecule has 21 N–H and O–H groups in total. The molecular formula is C41H65N15O13. The molecule has 28 nitrogen and oxygen atoms in total. The van der Waals surface area contributed by atoms with Crippen LogP contribution in [0.3, 0.4) is 0 Å². The van der Waals surface area contributed by atoms with Gasteiger partial charge in [0, 0.05) is 32.5 Å². The molecule has 28 heteroatoms. The molecule has 8 amide bonds. The Balaban J connectivity index is 2.25. The number of phenols is 1. The lowest BCUT2D eigenvalue weighted by Crippen LogP contribution is -2.59. The number of hydrogen-bond donors (Lipinski definition) is 15. The number of carboxylic acids is 2. The van der Waals surface area contributed by atoms with Gasteiger partial charge in [-0.05, 0) is 76.5 Å². The van der Waals surface area contributed by atoms with Crippen molar-refractivity contribution in [3.05, 3.63) is 29.8 Å². The number of primary amides is 1. The third-order valence-electron chi connectivity index (χ3n) is 10.5. The number of phenolic OH excluding ortho intramolecular Hbond substituents is 1. The quantitative estimate of drug-likeness (QED) is 0.0202. The molecule has 1 fully saturated rings. The number of likely N-dealkylation sites (tertiary alicyclic amines) is 1. The van der Waals surface area contributed by atoms with Crippen LogP contribution in [-0.4, -0.2) is 159 Å². The Labute approximate surface area is 396 Å². The molecule has 69 heavy (non-hydrogen) atoms. The smallest absolute Gasteiger partial charge is 0.326 e. The standard InChI is InChI=1S/C41H65N15O13/c1-20(32(61)55-28(39(68)69)18-22-9-11-23(57)12-10-22)50-34(63)26(7-4-16-49-41(46)47)53-36(65)27(13-14-30(43)58)54-37(66)29-8-5-17-56(29)38(67)21(2)51-35(64)25(6-3-15-48-40(44)45)52-33(62)24(42)19-31(59)60/h9-12,20-21,24-29,57H,3-8,13-19,42H2,1-2H3,(H2,43,58)(H,50,63)(H,51,64)(H,52,62)(H,53,65)(H,54,66)(H,55,61)(H,59,60)(H,68,69)(H4,44,45,48)(H4,46,47,49)/t20-,21-,24-,25-,26-,27-,28-,29-/m0/s1. The molecule has 0 saturated carbocycles. The lowest BCUT2D eigenvalue weighted by Gasteiger charge is -2.30. The molecule has 382 valence electrons. The van der Waals surface area contributed by atoms with Gasteiger partial charge in [-0.25, -0.2) is 4.79 Å². The predicted molar refractivity (Wildman–Crippen MR) is 246 cm³/mol. The van der Waals surface area contributed by atoms with Crippen LogP contribution in [-0.2, 0) is 54.4 Å². The number of nitrogens with one attached hydrogen (secondary N) is 6. The monoisotopic (exact) mass is 975 g/mol. The number of hydrogen-bond acceptors (Lipinski definition) is 14. The fourth-order valence-electron chi connectivity index (χ4n) is 6.87. The molecule has 1 aliphatic heterocycles. The first kappa shape index (κ1) is 57.3. The van der Waals surface area contributed by atoms with Gasteiger partial charge >= 0.3 is 11.9 Å². The zero-order valence-corrected chi connectivity index (χ0v) is 38.4. The SMILES string of the molecule is C[C@H](NC(=O)[C@H](CCCN=C(N)N)NC(=O)[C@H](CCC(N)=O)NC(=O)[C@@H]1CCCN1C(=O)[C@H](C)NC(=O)[C@H](CCCN=C(N)N)NC(=O)[C@@H](N)CC(=O)O)C(=O)N[C@@H](Cc1ccc(O)cc1)C(=O)O. The van der Waals surface area contributed by atoms with E-state index in [-0.39, 0.29) is 82.2 Å². The number of nitrogens with two attached hydrogens (primary N) is 6. The molecule has 0 spiro atoms. The molecule has 2 rings (SSSR count). The lowest BCUT2D eigenvalue weighted by atomic mass is 10.0. The Morgan fingerprint density at radius 1 is 0.667 bits per heavy atom. The molecule has 1 saturated heterocycles. The Morgan fingerprint density at radius 2 is 1.16 bits per heavy atom. The summed E-state index contributed by atoms with van der Waals surface area (Å²) in [5.74, 6) is -10.2. The number of carbonyl (C=O) groups excluding carboxylic acids is 8. The van der Waals surface area contributed by atoms with Crippen molar-refractivity contribution in [2.24, 2.45) is 44.4 Å². The molecule has 1 aromatic rings. The number of rotatable bonds is 29. The highest BCUT2D eigenvalue weighted by atomic mass is 16.4. The van der Waals surface area contributed by atoms with E-state index < -0.39 is 120 Å². The average Bonchev–Trinajstić information content (AvgIpc) is 3.77. The zero-order chi connectivity index (χ0) is 52.0. The molecular weight excluding hydrogens is 911 g/mol. The van der Waals surface area contributed by atoms with Gasteiger partial charge in [-0.3, -0.25) is 53.1 Å². The molecule has 0 unspecified atom stereocenters. The fraction of sp³-hybridized carbons (Fsp3) is 0.561. The van der Waals surface area contributed by atoms with Gasteiger partial charge in [0.25, 0.3) is 0 Å². The predicted octanol–water partition coefficient (Wildman–Crippen LogP) is -5.87. The largest absolute Gasteiger partial charge is 0.508 e. The number of aromatic hydroxyl groups is 1. The Hall–Kier alpha value is -7.78. The number of benzene rings is 1. The summed E-state index contributed by atoms with van der Waals surface area (Å²) < 4.78 is 0. The molecule has 8 atom stereocenters. The summed E-state index contributed by atoms with van der Waals surface area (Å²) in [7, 11) is 0. The van der Waals surface area contributed by atoms with Crippen molar-refractivity contribution in [3.8, 4) is 5.75 Å². The minimum atomic E-state index is -1.51. The van der Waals surface area contributed by atoms with Gasteiger partial charge in [-0.1, -0.05) is 12.1 Å². The third kappa shape index (κ3) is 20.7. The van der Waals surface area contributed by atoms with Crippen molar-refractivity contribution < 1.29 is 63.3 Å². The molecule has 0 aromatic heterocycles. The minimum absolute atomic E-state index is 0.0114. The summed E-state index contributed by atoms with van der Waals surface area (Å²) in [6, 6.07) is -5.35. The summed E-state index contributed by atoms with van der Waals surface area (Å²) in [6.45, 7) is 2.72. The van der Waals surface area contributed by atoms with E-state index in [0.29, 0.717) is 12.0 Å². The second kappa shape index (κ2) is 28.4. The van der Waals surface area contributed by atoms with Crippen LogP contribution in [0.25, 0.3) is 0 Å². The van der Waals surface area contributed by atoms with Crippen LogP contribution in [0, 0.1) is 0 Å².